The van der Waals surface area contributed by atoms with Crippen LogP contribution in [-0.2, 0) is 0 Å². The Bertz CT molecular complexity index is 23.8. The van der Waals surface area contributed by atoms with Crippen molar-refractivity contribution in [3.8, 4) is 0 Å². The minimum Gasteiger partial charge on any atom is -0.321 e. The molecule has 0 spiro atoms. The monoisotopic (exact) mass is 204 g/mol. The van der Waals surface area contributed by atoms with E-state index >= 15 is 0 Å². The largest absolute Gasteiger partial charge is 0.321 e. The Hall–Kier alpha value is 0.630. The maximum absolute atomic E-state index is 8.52. The molecule has 0 aliphatic heterocycles. The highest BCUT2D eigenvalue weighted by Gasteiger charge is 1.79. The molecule has 6 nitrogen and oxygen atoms in total. The quantitative estimate of drug-likeness (QED) is 0.405. The van der Waals surface area contributed by atoms with E-state index in [0.717, 1.165) is 0 Å². The van der Waals surface area contributed by atoms with Crippen LogP contribution in [0.4, 0.5) is 0 Å². The highest BCUT2D eigenvalue weighted by molar-refractivity contribution is 5.85. The van der Waals surface area contributed by atoms with Crippen LogP contribution in [0.5, 0.6) is 0 Å². The van der Waals surface area contributed by atoms with E-state index in [1.807, 2.05) is 0 Å². The minimum absolute atomic E-state index is 0. The molecule has 60 valence electrons. The van der Waals surface area contributed by atoms with Crippen LogP contribution in [-0.4, -0.2) is 9.32 Å². The Morgan fingerprint density at radius 2 is 0.778 bits per heavy atom. The zero-order valence-electron chi connectivity index (χ0n) is 3.69. The van der Waals surface area contributed by atoms with Gasteiger partial charge in [-0.05, 0) is 0 Å². The molecule has 9 heavy (non-hydrogen) atoms. The van der Waals surface area contributed by atoms with Gasteiger partial charge in [-0.1, -0.05) is 0 Å². The van der Waals surface area contributed by atoms with Gasteiger partial charge in [0, 0.05) is 9.32 Å². The van der Waals surface area contributed by atoms with Gasteiger partial charge in [-0.3, -0.25) is 0 Å². The van der Waals surface area contributed by atoms with Gasteiger partial charge in [0.15, 0.2) is 0 Å². The molecule has 0 aromatic carbocycles. The lowest BCUT2D eigenvalue weighted by atomic mass is 15.8. The Morgan fingerprint density at radius 1 is 0.778 bits per heavy atom. The lowest BCUT2D eigenvalue weighted by Gasteiger charge is -1.72. The third-order valence-electron chi connectivity index (χ3n) is 0. The van der Waals surface area contributed by atoms with Gasteiger partial charge in [0.05, 0.1) is 0 Å². The van der Waals surface area contributed by atoms with Crippen molar-refractivity contribution in [1.82, 2.24) is 0 Å². The standard InChI is InChI=1S/2ClHO3.ClH/c2*2-1(3)4;/h2*2H;1H. The summed E-state index contributed by atoms with van der Waals surface area (Å²) in [6.45, 7) is 0. The zero-order valence-corrected chi connectivity index (χ0v) is 6.02. The van der Waals surface area contributed by atoms with Crippen LogP contribution in [0, 0.1) is 21.6 Å². The molecule has 2 N–H and O–H groups in total. The van der Waals surface area contributed by atoms with Crippen molar-refractivity contribution in [2.45, 2.75) is 0 Å². The minimum atomic E-state index is -2.60. The molecular formula is H3Cl3O6. The number of hydrogen-bond donors (Lipinski definition) is 2. The first kappa shape index (κ1) is 16.3. The van der Waals surface area contributed by atoms with E-state index in [2.05, 4.69) is 0 Å². The fourth-order valence-corrected chi connectivity index (χ4v) is 0. The molecule has 0 amide bonds. The average molecular weight is 205 g/mol. The highest BCUT2D eigenvalue weighted by Crippen LogP contribution is 1.38. The molecule has 0 aliphatic carbocycles. The van der Waals surface area contributed by atoms with Crippen LogP contribution in [0.1, 0.15) is 0 Å². The molecule has 0 aromatic heterocycles. The van der Waals surface area contributed by atoms with Gasteiger partial charge in [-0.2, -0.15) is 0 Å². The lowest BCUT2D eigenvalue weighted by molar-refractivity contribution is -1.63. The second kappa shape index (κ2) is 11.4. The first-order chi connectivity index (χ1) is 3.46. The summed E-state index contributed by atoms with van der Waals surface area (Å²) in [5.41, 5.74) is 0. The van der Waals surface area contributed by atoms with E-state index in [1.165, 1.54) is 0 Å². The molecule has 9 heteroatoms. The Morgan fingerprint density at radius 3 is 0.778 bits per heavy atom. The fourth-order valence-electron chi connectivity index (χ4n) is 0. The Kier molecular flexibility index (Phi) is 20.7. The second-order valence-corrected chi connectivity index (χ2v) is 1.21. The molecule has 0 radical (unpaired) electrons. The third kappa shape index (κ3) is 956. The molecule has 0 rings (SSSR count). The van der Waals surface area contributed by atoms with Crippen molar-refractivity contribution >= 4 is 12.4 Å². The van der Waals surface area contributed by atoms with Gasteiger partial charge in [-0.25, -0.2) is 0 Å². The molecule has 0 saturated heterocycles. The van der Waals surface area contributed by atoms with Gasteiger partial charge >= 0.3 is 0 Å². The molecule has 0 bridgehead atoms. The highest BCUT2D eigenvalue weighted by atomic mass is 35.6. The van der Waals surface area contributed by atoms with Crippen molar-refractivity contribution in [3.63, 3.8) is 0 Å². The molecule has 0 heterocycles. The van der Waals surface area contributed by atoms with Crippen LogP contribution in [0.15, 0.2) is 0 Å². The van der Waals surface area contributed by atoms with Gasteiger partial charge in [0.25, 0.3) is 21.6 Å². The lowest BCUT2D eigenvalue weighted by Crippen LogP contribution is -2.30. The number of rotatable bonds is 0. The molecule has 0 aliphatic rings. The third-order valence-corrected chi connectivity index (χ3v) is 0. The van der Waals surface area contributed by atoms with Crippen LogP contribution >= 0.6 is 12.4 Å². The van der Waals surface area contributed by atoms with E-state index in [4.69, 9.17) is 28.0 Å². The molecular weight excluding hydrogens is 202 g/mol. The van der Waals surface area contributed by atoms with E-state index in [1.54, 1.807) is 0 Å². The molecule has 0 fully saturated rings. The molecule has 0 atom stereocenters. The molecule has 0 aromatic rings. The summed E-state index contributed by atoms with van der Waals surface area (Å²) in [6.07, 6.45) is 0. The molecule has 0 saturated carbocycles. The number of hydrogen-bond acceptors (Lipinski definition) is 6. The SMILES string of the molecule is Cl.[O-][Cl+2]([O-])O.[O-][Cl+2]([O-])O. The summed E-state index contributed by atoms with van der Waals surface area (Å²) in [6, 6.07) is 0. The summed E-state index contributed by atoms with van der Waals surface area (Å²) < 4.78 is 47.9. The van der Waals surface area contributed by atoms with Crippen molar-refractivity contribution in [2.75, 3.05) is 0 Å². The normalized spacial score (nSPS) is 8.00. The van der Waals surface area contributed by atoms with Crippen LogP contribution in [0.3, 0.4) is 0 Å². The second-order valence-electron chi connectivity index (χ2n) is 0.402. The molecule has 0 unspecified atom stereocenters. The summed E-state index contributed by atoms with van der Waals surface area (Å²) in [4.78, 5) is 0. The summed E-state index contributed by atoms with van der Waals surface area (Å²) >= 11 is 0. The summed E-state index contributed by atoms with van der Waals surface area (Å²) in [5.74, 6) is 0. The van der Waals surface area contributed by atoms with E-state index in [0.29, 0.717) is 0 Å². The van der Waals surface area contributed by atoms with Crippen molar-refractivity contribution in [3.05, 3.63) is 0 Å². The predicted octanol–water partition coefficient (Wildman–Crippen LogP) is -5.45. The van der Waals surface area contributed by atoms with Gasteiger partial charge < -0.3 is 18.6 Å². The van der Waals surface area contributed by atoms with Crippen molar-refractivity contribution < 1.29 is 49.5 Å². The van der Waals surface area contributed by atoms with E-state index in [-0.39, 0.29) is 12.4 Å². The zero-order chi connectivity index (χ0) is 7.15. The van der Waals surface area contributed by atoms with Gasteiger partial charge in [0.2, 0.25) is 0 Å². The smallest absolute Gasteiger partial charge is 0.282 e. The van der Waals surface area contributed by atoms with Crippen LogP contribution in [0.2, 0.25) is 0 Å². The number of halogens is 3. The first-order valence-electron chi connectivity index (χ1n) is 0.955. The van der Waals surface area contributed by atoms with E-state index in [9.17, 15) is 0 Å². The van der Waals surface area contributed by atoms with Crippen LogP contribution in [0.25, 0.3) is 0 Å². The first-order valence-corrected chi connectivity index (χ1v) is 2.87. The van der Waals surface area contributed by atoms with Crippen LogP contribution < -0.4 is 18.6 Å². The topological polar surface area (TPSA) is 133 Å². The maximum atomic E-state index is 8.52. The average Bonchev–Trinajstić information content (AvgIpc) is 1.25. The predicted molar refractivity (Wildman–Crippen MR) is 11.7 cm³/mol. The Balaban J connectivity index is -0.0000000720. The summed E-state index contributed by atoms with van der Waals surface area (Å²) in [5, 5.41) is 0. The van der Waals surface area contributed by atoms with E-state index < -0.39 is 21.6 Å². The maximum Gasteiger partial charge on any atom is 0.282 e. The van der Waals surface area contributed by atoms with Crippen molar-refractivity contribution in [2.24, 2.45) is 0 Å². The van der Waals surface area contributed by atoms with Crippen molar-refractivity contribution in [1.29, 1.82) is 0 Å². The summed E-state index contributed by atoms with van der Waals surface area (Å²) in [7, 11) is -5.20. The fraction of sp³-hybridized carbons (Fsp3) is 0. The Labute approximate surface area is 62.6 Å². The van der Waals surface area contributed by atoms with Gasteiger partial charge in [-0.15, -0.1) is 12.4 Å². The van der Waals surface area contributed by atoms with Gasteiger partial charge in [0.1, 0.15) is 0 Å².